The van der Waals surface area contributed by atoms with E-state index in [-0.39, 0.29) is 23.7 Å². The van der Waals surface area contributed by atoms with Gasteiger partial charge >= 0.3 is 0 Å². The van der Waals surface area contributed by atoms with Crippen molar-refractivity contribution in [3.63, 3.8) is 0 Å². The molecule has 2 amide bonds. The molecule has 2 unspecified atom stereocenters. The van der Waals surface area contributed by atoms with Gasteiger partial charge < -0.3 is 15.4 Å². The summed E-state index contributed by atoms with van der Waals surface area (Å²) in [6, 6.07) is 3.52. The second-order valence-corrected chi connectivity index (χ2v) is 5.04. The molecule has 2 aliphatic rings. The van der Waals surface area contributed by atoms with Crippen LogP contribution in [0.15, 0.2) is 18.2 Å². The van der Waals surface area contributed by atoms with Gasteiger partial charge in [-0.2, -0.15) is 0 Å². The second-order valence-electron chi connectivity index (χ2n) is 5.04. The zero-order valence-electron chi connectivity index (χ0n) is 10.8. The van der Waals surface area contributed by atoms with Crippen molar-refractivity contribution in [1.29, 1.82) is 0 Å². The Balaban J connectivity index is 1.74. The van der Waals surface area contributed by atoms with Gasteiger partial charge in [0.15, 0.2) is 0 Å². The predicted octanol–water partition coefficient (Wildman–Crippen LogP) is 1.04. The van der Waals surface area contributed by atoms with E-state index in [1.54, 1.807) is 6.07 Å². The topological polar surface area (TPSA) is 67.4 Å². The normalized spacial score (nSPS) is 24.6. The third-order valence-electron chi connectivity index (χ3n) is 3.64. The van der Waals surface area contributed by atoms with Crippen LogP contribution in [0.1, 0.15) is 30.9 Å². The molecule has 6 heteroatoms. The van der Waals surface area contributed by atoms with E-state index in [1.165, 1.54) is 12.1 Å². The van der Waals surface area contributed by atoms with Crippen molar-refractivity contribution < 1.29 is 18.7 Å². The van der Waals surface area contributed by atoms with Crippen LogP contribution in [0.2, 0.25) is 0 Å². The van der Waals surface area contributed by atoms with Gasteiger partial charge in [-0.05, 0) is 24.6 Å². The molecule has 0 radical (unpaired) electrons. The minimum absolute atomic E-state index is 0.108. The molecule has 1 aromatic carbocycles. The highest BCUT2D eigenvalue weighted by Crippen LogP contribution is 2.32. The number of halogens is 1. The number of rotatable bonds is 2. The maximum Gasteiger partial charge on any atom is 0.243 e. The van der Waals surface area contributed by atoms with E-state index < -0.39 is 6.04 Å². The first-order valence-electron chi connectivity index (χ1n) is 6.65. The molecule has 1 aromatic rings. The van der Waals surface area contributed by atoms with Crippen LogP contribution in [0.25, 0.3) is 0 Å². The van der Waals surface area contributed by atoms with Crippen molar-refractivity contribution in [3.05, 3.63) is 29.6 Å². The molecule has 0 saturated carbocycles. The van der Waals surface area contributed by atoms with Gasteiger partial charge in [0.05, 0.1) is 12.6 Å². The van der Waals surface area contributed by atoms with Crippen LogP contribution < -0.4 is 15.4 Å². The molecule has 1 fully saturated rings. The number of hydrogen-bond acceptors (Lipinski definition) is 3. The number of ether oxygens (including phenoxy) is 1. The van der Waals surface area contributed by atoms with E-state index in [2.05, 4.69) is 10.6 Å². The molecule has 1 saturated heterocycles. The Labute approximate surface area is 115 Å². The number of nitrogens with one attached hydrogen (secondary N) is 2. The van der Waals surface area contributed by atoms with Gasteiger partial charge in [0, 0.05) is 18.4 Å². The molecule has 0 aliphatic carbocycles. The van der Waals surface area contributed by atoms with E-state index in [4.69, 9.17) is 4.74 Å². The molecule has 3 rings (SSSR count). The number of amides is 2. The molecule has 2 aliphatic heterocycles. The van der Waals surface area contributed by atoms with Gasteiger partial charge in [0.1, 0.15) is 17.6 Å². The average molecular weight is 278 g/mol. The smallest absolute Gasteiger partial charge is 0.243 e. The van der Waals surface area contributed by atoms with Gasteiger partial charge in [0.25, 0.3) is 0 Å². The van der Waals surface area contributed by atoms with Gasteiger partial charge in [-0.15, -0.1) is 0 Å². The Morgan fingerprint density at radius 3 is 3.00 bits per heavy atom. The average Bonchev–Trinajstić information content (AvgIpc) is 2.86. The summed E-state index contributed by atoms with van der Waals surface area (Å²) < 4.78 is 18.8. The molecule has 0 aromatic heterocycles. The fourth-order valence-electron chi connectivity index (χ4n) is 2.60. The van der Waals surface area contributed by atoms with Crippen LogP contribution in [-0.4, -0.2) is 24.5 Å². The van der Waals surface area contributed by atoms with Crippen molar-refractivity contribution in [2.75, 3.05) is 6.61 Å². The highest BCUT2D eigenvalue weighted by atomic mass is 19.1. The van der Waals surface area contributed by atoms with Crippen LogP contribution >= 0.6 is 0 Å². The van der Waals surface area contributed by atoms with Crippen molar-refractivity contribution >= 4 is 11.8 Å². The molecular weight excluding hydrogens is 263 g/mol. The summed E-state index contributed by atoms with van der Waals surface area (Å²) in [5.41, 5.74) is 0.647. The first kappa shape index (κ1) is 12.9. The Morgan fingerprint density at radius 1 is 1.40 bits per heavy atom. The summed E-state index contributed by atoms with van der Waals surface area (Å²) in [4.78, 5) is 23.2. The van der Waals surface area contributed by atoms with E-state index in [0.29, 0.717) is 37.2 Å². The predicted molar refractivity (Wildman–Crippen MR) is 68.6 cm³/mol. The van der Waals surface area contributed by atoms with Crippen molar-refractivity contribution in [3.8, 4) is 5.75 Å². The minimum atomic E-state index is -0.484. The summed E-state index contributed by atoms with van der Waals surface area (Å²) in [7, 11) is 0. The van der Waals surface area contributed by atoms with Crippen LogP contribution in [-0.2, 0) is 9.59 Å². The minimum Gasteiger partial charge on any atom is -0.493 e. The van der Waals surface area contributed by atoms with E-state index in [0.717, 1.165) is 0 Å². The first-order valence-corrected chi connectivity index (χ1v) is 6.65. The van der Waals surface area contributed by atoms with Crippen LogP contribution in [0.3, 0.4) is 0 Å². The zero-order valence-corrected chi connectivity index (χ0v) is 10.8. The lowest BCUT2D eigenvalue weighted by atomic mass is 10.00. The van der Waals surface area contributed by atoms with Crippen LogP contribution in [0.5, 0.6) is 5.75 Å². The molecular formula is C14H15FN2O3. The van der Waals surface area contributed by atoms with Crippen molar-refractivity contribution in [1.82, 2.24) is 10.6 Å². The Morgan fingerprint density at radius 2 is 2.25 bits per heavy atom. The lowest BCUT2D eigenvalue weighted by Crippen LogP contribution is -2.44. The summed E-state index contributed by atoms with van der Waals surface area (Å²) >= 11 is 0. The standard InChI is InChI=1S/C14H15FN2O3/c15-8-1-3-12-9(7-8)10(5-6-20-12)17-14(19)11-2-4-13(18)16-11/h1,3,7,10-11H,2,4-6H2,(H,16,18)(H,17,19). The summed E-state index contributed by atoms with van der Waals surface area (Å²) in [5.74, 6) is -0.0948. The molecule has 20 heavy (non-hydrogen) atoms. The largest absolute Gasteiger partial charge is 0.493 e. The van der Waals surface area contributed by atoms with Gasteiger partial charge in [-0.3, -0.25) is 9.59 Å². The molecule has 2 atom stereocenters. The molecule has 2 N–H and O–H groups in total. The number of benzene rings is 1. The first-order chi connectivity index (χ1) is 9.63. The van der Waals surface area contributed by atoms with Crippen molar-refractivity contribution in [2.45, 2.75) is 31.3 Å². The van der Waals surface area contributed by atoms with Gasteiger partial charge in [-0.25, -0.2) is 4.39 Å². The van der Waals surface area contributed by atoms with E-state index in [9.17, 15) is 14.0 Å². The Bertz CT molecular complexity index is 561. The highest BCUT2D eigenvalue weighted by Gasteiger charge is 2.30. The third kappa shape index (κ3) is 2.45. The summed E-state index contributed by atoms with van der Waals surface area (Å²) in [6.45, 7) is 0.473. The van der Waals surface area contributed by atoms with Crippen LogP contribution in [0.4, 0.5) is 4.39 Å². The summed E-state index contributed by atoms with van der Waals surface area (Å²) in [6.07, 6.45) is 1.46. The fourth-order valence-corrected chi connectivity index (χ4v) is 2.60. The van der Waals surface area contributed by atoms with Crippen molar-refractivity contribution in [2.24, 2.45) is 0 Å². The summed E-state index contributed by atoms with van der Waals surface area (Å²) in [5, 5.41) is 5.49. The lowest BCUT2D eigenvalue weighted by Gasteiger charge is -2.27. The number of hydrogen-bond donors (Lipinski definition) is 2. The highest BCUT2D eigenvalue weighted by molar-refractivity contribution is 5.91. The Hall–Kier alpha value is -2.11. The maximum absolute atomic E-state index is 13.3. The second kappa shape index (κ2) is 5.11. The zero-order chi connectivity index (χ0) is 14.1. The SMILES string of the molecule is O=C1CCC(C(=O)NC2CCOc3ccc(F)cc32)N1. The molecule has 106 valence electrons. The van der Waals surface area contributed by atoms with E-state index >= 15 is 0 Å². The molecule has 0 bridgehead atoms. The van der Waals surface area contributed by atoms with E-state index in [1.807, 2.05) is 0 Å². The van der Waals surface area contributed by atoms with Crippen LogP contribution in [0, 0.1) is 5.82 Å². The molecule has 2 heterocycles. The number of carbonyl (C=O) groups is 2. The monoisotopic (exact) mass is 278 g/mol. The fraction of sp³-hybridized carbons (Fsp3) is 0.429. The molecule has 0 spiro atoms. The van der Waals surface area contributed by atoms with Gasteiger partial charge in [0.2, 0.25) is 11.8 Å². The third-order valence-corrected chi connectivity index (χ3v) is 3.64. The quantitative estimate of drug-likeness (QED) is 0.849. The van der Waals surface area contributed by atoms with Gasteiger partial charge in [-0.1, -0.05) is 0 Å². The number of fused-ring (bicyclic) bond motifs is 1. The lowest BCUT2D eigenvalue weighted by molar-refractivity contribution is -0.126. The molecule has 5 nitrogen and oxygen atoms in total. The maximum atomic E-state index is 13.3. The number of carbonyl (C=O) groups excluding carboxylic acids is 2. The Kier molecular flexibility index (Phi) is 3.30.